The van der Waals surface area contributed by atoms with E-state index in [1.54, 1.807) is 4.90 Å². The molecule has 0 aromatic heterocycles. The first kappa shape index (κ1) is 16.5. The molecule has 0 saturated carbocycles. The fourth-order valence-corrected chi connectivity index (χ4v) is 2.66. The highest BCUT2D eigenvalue weighted by atomic mass is 16.6. The molecule has 1 aromatic carbocycles. The zero-order valence-corrected chi connectivity index (χ0v) is 13.6. The molecule has 4 nitrogen and oxygen atoms in total. The highest BCUT2D eigenvalue weighted by Gasteiger charge is 2.37. The van der Waals surface area contributed by atoms with Crippen molar-refractivity contribution in [3.63, 3.8) is 0 Å². The van der Waals surface area contributed by atoms with Gasteiger partial charge in [-0.3, -0.25) is 0 Å². The molecule has 1 amide bonds. The molecule has 1 aliphatic heterocycles. The maximum Gasteiger partial charge on any atom is 0.417 e. The van der Waals surface area contributed by atoms with E-state index in [4.69, 9.17) is 9.39 Å². The summed E-state index contributed by atoms with van der Waals surface area (Å²) < 4.78 is 11.3. The lowest BCUT2D eigenvalue weighted by atomic mass is 9.62. The third-order valence-corrected chi connectivity index (χ3v) is 3.96. The van der Waals surface area contributed by atoms with Crippen molar-refractivity contribution >= 4 is 13.0 Å². The van der Waals surface area contributed by atoms with Crippen LogP contribution in [-0.2, 0) is 15.8 Å². The van der Waals surface area contributed by atoms with Crippen molar-refractivity contribution in [3.8, 4) is 0 Å². The molecular weight excluding hydrogens is 277 g/mol. The van der Waals surface area contributed by atoms with Crippen molar-refractivity contribution in [3.05, 3.63) is 47.9 Å². The fourth-order valence-electron chi connectivity index (χ4n) is 2.66. The van der Waals surface area contributed by atoms with E-state index in [1.807, 2.05) is 31.2 Å². The third kappa shape index (κ3) is 3.84. The Morgan fingerprint density at radius 2 is 2.05 bits per heavy atom. The van der Waals surface area contributed by atoms with E-state index in [2.05, 4.69) is 26.0 Å². The molecule has 0 radical (unpaired) electrons. The Bertz CT molecular complexity index is 514. The van der Waals surface area contributed by atoms with Gasteiger partial charge in [0.1, 0.15) is 6.61 Å². The van der Waals surface area contributed by atoms with Crippen LogP contribution in [0.3, 0.4) is 0 Å². The molecule has 0 N–H and O–H groups in total. The van der Waals surface area contributed by atoms with Crippen molar-refractivity contribution in [2.75, 3.05) is 6.61 Å². The number of allylic oxidation sites excluding steroid dienone is 1. The number of carbonyl (C=O) groups excluding carboxylic acids is 1. The molecule has 5 heteroatoms. The topological polar surface area (TPSA) is 38.8 Å². The lowest BCUT2D eigenvalue weighted by molar-refractivity contribution is 0.152. The number of benzene rings is 1. The number of ether oxygens (including phenoxy) is 1. The summed E-state index contributed by atoms with van der Waals surface area (Å²) in [6, 6.07) is 10.1. The number of carbonyl (C=O) groups is 1. The highest BCUT2D eigenvalue weighted by molar-refractivity contribution is 6.51. The van der Waals surface area contributed by atoms with Crippen LogP contribution in [0.15, 0.2) is 42.3 Å². The predicted molar refractivity (Wildman–Crippen MR) is 88.7 cm³/mol. The Kier molecular flexibility index (Phi) is 5.93. The minimum Gasteiger partial charge on any atom is -0.549 e. The molecule has 0 unspecified atom stereocenters. The standard InChI is InChI=1S/C17H24BNO3/c1-4-16(22-18(5-2)6-3)19-15(13-21-17(19)20)12-14-10-8-7-9-11-14/h4,7-11,15H,5-6,12-13H2,1-3H3/b16-4-/t15-/m1/s1. The van der Waals surface area contributed by atoms with Crippen LogP contribution in [0, 0.1) is 0 Å². The Balaban J connectivity index is 2.12. The van der Waals surface area contributed by atoms with E-state index in [0.717, 1.165) is 19.1 Å². The fraction of sp³-hybridized carbons (Fsp3) is 0.471. The van der Waals surface area contributed by atoms with Crippen LogP contribution in [0.2, 0.25) is 12.6 Å². The summed E-state index contributed by atoms with van der Waals surface area (Å²) in [5, 5.41) is 0. The number of cyclic esters (lactones) is 1. The van der Waals surface area contributed by atoms with Gasteiger partial charge in [0, 0.05) is 0 Å². The summed E-state index contributed by atoms with van der Waals surface area (Å²) >= 11 is 0. The van der Waals surface area contributed by atoms with Crippen LogP contribution >= 0.6 is 0 Å². The maximum absolute atomic E-state index is 12.1. The average molecular weight is 301 g/mol. The van der Waals surface area contributed by atoms with Gasteiger partial charge in [0.25, 0.3) is 0 Å². The van der Waals surface area contributed by atoms with Crippen molar-refractivity contribution in [1.29, 1.82) is 0 Å². The first-order valence-electron chi connectivity index (χ1n) is 8.02. The van der Waals surface area contributed by atoms with Gasteiger partial charge >= 0.3 is 13.0 Å². The van der Waals surface area contributed by atoms with Gasteiger partial charge in [-0.05, 0) is 37.6 Å². The van der Waals surface area contributed by atoms with Crippen molar-refractivity contribution in [2.24, 2.45) is 0 Å². The average Bonchev–Trinajstić information content (AvgIpc) is 2.91. The van der Waals surface area contributed by atoms with Crippen molar-refractivity contribution < 1.29 is 14.2 Å². The van der Waals surface area contributed by atoms with Crippen molar-refractivity contribution in [1.82, 2.24) is 4.90 Å². The zero-order valence-electron chi connectivity index (χ0n) is 13.6. The van der Waals surface area contributed by atoms with Crippen LogP contribution in [0.25, 0.3) is 0 Å². The smallest absolute Gasteiger partial charge is 0.417 e. The molecule has 1 fully saturated rings. The number of hydrogen-bond donors (Lipinski definition) is 0. The van der Waals surface area contributed by atoms with E-state index in [9.17, 15) is 4.79 Å². The van der Waals surface area contributed by atoms with Crippen LogP contribution < -0.4 is 0 Å². The minimum atomic E-state index is -0.319. The van der Waals surface area contributed by atoms with E-state index in [0.29, 0.717) is 12.5 Å². The second-order valence-corrected chi connectivity index (χ2v) is 5.47. The molecule has 118 valence electrons. The largest absolute Gasteiger partial charge is 0.549 e. The number of amides is 1. The summed E-state index contributed by atoms with van der Waals surface area (Å²) in [4.78, 5) is 13.8. The van der Waals surface area contributed by atoms with Gasteiger partial charge in [-0.2, -0.15) is 0 Å². The minimum absolute atomic E-state index is 0.0181. The molecule has 1 saturated heterocycles. The first-order valence-corrected chi connectivity index (χ1v) is 8.02. The number of nitrogens with zero attached hydrogens (tertiary/aromatic N) is 1. The Morgan fingerprint density at radius 1 is 1.36 bits per heavy atom. The van der Waals surface area contributed by atoms with Gasteiger partial charge in [0.05, 0.1) is 6.04 Å². The second-order valence-electron chi connectivity index (χ2n) is 5.47. The molecule has 1 atom stereocenters. The maximum atomic E-state index is 12.1. The lowest BCUT2D eigenvalue weighted by Crippen LogP contribution is -2.37. The third-order valence-electron chi connectivity index (χ3n) is 3.96. The Labute approximate surface area is 133 Å². The summed E-state index contributed by atoms with van der Waals surface area (Å²) in [7, 11) is 0. The molecule has 22 heavy (non-hydrogen) atoms. The Morgan fingerprint density at radius 3 is 2.64 bits per heavy atom. The van der Waals surface area contributed by atoms with Gasteiger partial charge in [-0.25, -0.2) is 9.69 Å². The molecule has 0 aliphatic carbocycles. The molecule has 2 rings (SSSR count). The van der Waals surface area contributed by atoms with E-state index < -0.39 is 0 Å². The van der Waals surface area contributed by atoms with E-state index >= 15 is 0 Å². The summed E-state index contributed by atoms with van der Waals surface area (Å²) in [5.74, 6) is 0.608. The van der Waals surface area contributed by atoms with E-state index in [1.165, 1.54) is 5.56 Å². The van der Waals surface area contributed by atoms with E-state index in [-0.39, 0.29) is 19.1 Å². The summed E-state index contributed by atoms with van der Waals surface area (Å²) in [5.41, 5.74) is 1.19. The van der Waals surface area contributed by atoms with Crippen LogP contribution in [-0.4, -0.2) is 30.6 Å². The number of hydrogen-bond acceptors (Lipinski definition) is 3. The molecule has 1 heterocycles. The highest BCUT2D eigenvalue weighted by Crippen LogP contribution is 2.24. The monoisotopic (exact) mass is 301 g/mol. The first-order chi connectivity index (χ1) is 10.7. The lowest BCUT2D eigenvalue weighted by Gasteiger charge is -2.26. The molecule has 1 aromatic rings. The van der Waals surface area contributed by atoms with Gasteiger partial charge in [-0.15, -0.1) is 0 Å². The Hall–Kier alpha value is -1.91. The SMILES string of the molecule is C/C=C(\OB(CC)CC)N1C(=O)OC[C@H]1Cc1ccccc1. The van der Waals surface area contributed by atoms with Gasteiger partial charge in [0.15, 0.2) is 5.88 Å². The number of rotatable bonds is 7. The molecule has 1 aliphatic rings. The normalized spacial score (nSPS) is 18.3. The predicted octanol–water partition coefficient (Wildman–Crippen LogP) is 3.96. The van der Waals surface area contributed by atoms with Gasteiger partial charge in [0.2, 0.25) is 0 Å². The van der Waals surface area contributed by atoms with Gasteiger partial charge < -0.3 is 9.39 Å². The van der Waals surface area contributed by atoms with Crippen LogP contribution in [0.1, 0.15) is 26.3 Å². The molecule has 0 bridgehead atoms. The molecular formula is C17H24BNO3. The summed E-state index contributed by atoms with van der Waals surface area (Å²) in [6.45, 7) is 6.59. The van der Waals surface area contributed by atoms with Crippen LogP contribution in [0.5, 0.6) is 0 Å². The van der Waals surface area contributed by atoms with Crippen LogP contribution in [0.4, 0.5) is 4.79 Å². The van der Waals surface area contributed by atoms with Crippen molar-refractivity contribution in [2.45, 2.75) is 45.9 Å². The quantitative estimate of drug-likeness (QED) is 0.565. The second kappa shape index (κ2) is 7.92. The zero-order chi connectivity index (χ0) is 15.9. The summed E-state index contributed by atoms with van der Waals surface area (Å²) in [6.07, 6.45) is 4.12. The molecule has 0 spiro atoms. The van der Waals surface area contributed by atoms with Gasteiger partial charge in [-0.1, -0.05) is 44.2 Å².